The lowest BCUT2D eigenvalue weighted by Gasteiger charge is -1.97. The van der Waals surface area contributed by atoms with E-state index in [-0.39, 0.29) is 0 Å². The number of rotatable bonds is 3. The number of benzene rings is 3. The minimum absolute atomic E-state index is 1.00. The van der Waals surface area contributed by atoms with Crippen LogP contribution in [0.15, 0.2) is 72.8 Å². The van der Waals surface area contributed by atoms with E-state index in [4.69, 9.17) is 0 Å². The van der Waals surface area contributed by atoms with E-state index in [1.165, 1.54) is 17.5 Å². The summed E-state index contributed by atoms with van der Waals surface area (Å²) >= 11 is 0. The molecule has 0 saturated carbocycles. The average Bonchev–Trinajstić information content (AvgIpc) is 2.73. The Morgan fingerprint density at radius 1 is 0.481 bits per heavy atom. The molecule has 3 rings (SSSR count). The Balaban J connectivity index is 1.66. The zero-order valence-corrected chi connectivity index (χ0v) is 16.0. The van der Waals surface area contributed by atoms with Gasteiger partial charge < -0.3 is 0 Å². The Morgan fingerprint density at radius 3 is 1.15 bits per heavy atom. The van der Waals surface area contributed by atoms with E-state index in [9.17, 15) is 0 Å². The molecule has 0 spiro atoms. The summed E-state index contributed by atoms with van der Waals surface area (Å²) in [4.78, 5) is 0. The normalized spacial score (nSPS) is 9.70. The van der Waals surface area contributed by atoms with Crippen LogP contribution >= 0.6 is 0 Å². The molecular weight excluding hydrogens is 324 g/mol. The minimum Gasteiger partial charge on any atom is -0.0651 e. The summed E-state index contributed by atoms with van der Waals surface area (Å²) in [6, 6.07) is 25.1. The summed E-state index contributed by atoms with van der Waals surface area (Å²) < 4.78 is 0. The van der Waals surface area contributed by atoms with Gasteiger partial charge in [0.05, 0.1) is 0 Å². The Kier molecular flexibility index (Phi) is 6.51. The van der Waals surface area contributed by atoms with Gasteiger partial charge in [-0.05, 0) is 72.5 Å². The van der Waals surface area contributed by atoms with Gasteiger partial charge in [0, 0.05) is 22.3 Å². The first kappa shape index (κ1) is 18.6. The summed E-state index contributed by atoms with van der Waals surface area (Å²) in [5.74, 6) is 12.9. The van der Waals surface area contributed by atoms with Crippen LogP contribution in [0, 0.1) is 23.7 Å². The molecular formula is C27H24. The topological polar surface area (TPSA) is 0 Å². The van der Waals surface area contributed by atoms with Crippen molar-refractivity contribution in [1.82, 2.24) is 0 Å². The highest BCUT2D eigenvalue weighted by atomic mass is 14.0. The van der Waals surface area contributed by atoms with E-state index in [1.807, 2.05) is 24.3 Å². The molecule has 0 radical (unpaired) electrons. The van der Waals surface area contributed by atoms with Crippen molar-refractivity contribution in [2.75, 3.05) is 0 Å². The predicted octanol–water partition coefficient (Wildman–Crippen LogP) is 6.00. The first-order chi connectivity index (χ1) is 13.3. The van der Waals surface area contributed by atoms with Gasteiger partial charge in [0.1, 0.15) is 0 Å². The van der Waals surface area contributed by atoms with Gasteiger partial charge in [0.15, 0.2) is 0 Å². The smallest absolute Gasteiger partial charge is 0.0249 e. The van der Waals surface area contributed by atoms with Crippen molar-refractivity contribution < 1.29 is 0 Å². The largest absolute Gasteiger partial charge is 0.0651 e. The Bertz CT molecular complexity index is 981. The molecule has 0 aliphatic carbocycles. The van der Waals surface area contributed by atoms with E-state index in [2.05, 4.69) is 86.1 Å². The van der Waals surface area contributed by atoms with E-state index in [0.717, 1.165) is 35.1 Å². The first-order valence-corrected chi connectivity index (χ1v) is 9.59. The highest BCUT2D eigenvalue weighted by Crippen LogP contribution is 2.08. The molecule has 3 aromatic rings. The fourth-order valence-electron chi connectivity index (χ4n) is 2.79. The standard InChI is InChI=1S/C27H24/c1-3-5-23-10-12-25(13-11-23)16-17-27-20-18-26(19-21-27)15-14-24-8-6-22(4-2)7-9-24/h6-13,18-21H,3-5H2,1-2H3. The van der Waals surface area contributed by atoms with E-state index >= 15 is 0 Å². The maximum atomic E-state index is 3.23. The molecule has 0 N–H and O–H groups in total. The van der Waals surface area contributed by atoms with Gasteiger partial charge in [-0.2, -0.15) is 0 Å². The number of hydrogen-bond donors (Lipinski definition) is 0. The van der Waals surface area contributed by atoms with Gasteiger partial charge in [-0.25, -0.2) is 0 Å². The van der Waals surface area contributed by atoms with Crippen molar-refractivity contribution in [3.8, 4) is 23.7 Å². The molecule has 0 aromatic heterocycles. The van der Waals surface area contributed by atoms with Gasteiger partial charge in [-0.3, -0.25) is 0 Å². The van der Waals surface area contributed by atoms with Crippen LogP contribution in [0.2, 0.25) is 0 Å². The number of hydrogen-bond acceptors (Lipinski definition) is 0. The highest BCUT2D eigenvalue weighted by Gasteiger charge is 1.93. The van der Waals surface area contributed by atoms with E-state index in [1.54, 1.807) is 0 Å². The lowest BCUT2D eigenvalue weighted by Crippen LogP contribution is -1.83. The summed E-state index contributed by atoms with van der Waals surface area (Å²) in [6.45, 7) is 4.36. The van der Waals surface area contributed by atoms with Crippen LogP contribution in [-0.2, 0) is 12.8 Å². The number of aryl methyl sites for hydroxylation is 2. The maximum absolute atomic E-state index is 3.23. The summed E-state index contributed by atoms with van der Waals surface area (Å²) in [7, 11) is 0. The summed E-state index contributed by atoms with van der Waals surface area (Å²) in [5, 5.41) is 0. The van der Waals surface area contributed by atoms with Crippen LogP contribution < -0.4 is 0 Å². The molecule has 27 heavy (non-hydrogen) atoms. The van der Waals surface area contributed by atoms with Crippen molar-refractivity contribution in [2.24, 2.45) is 0 Å². The molecule has 0 bridgehead atoms. The first-order valence-electron chi connectivity index (χ1n) is 9.59. The van der Waals surface area contributed by atoms with Gasteiger partial charge in [-0.15, -0.1) is 0 Å². The van der Waals surface area contributed by atoms with Crippen LogP contribution in [0.25, 0.3) is 0 Å². The highest BCUT2D eigenvalue weighted by molar-refractivity contribution is 5.48. The molecule has 0 fully saturated rings. The lowest BCUT2D eigenvalue weighted by atomic mass is 10.1. The Labute approximate surface area is 163 Å². The average molecular weight is 348 g/mol. The van der Waals surface area contributed by atoms with Crippen molar-refractivity contribution in [3.05, 3.63) is 106 Å². The second-order valence-corrected chi connectivity index (χ2v) is 6.57. The van der Waals surface area contributed by atoms with Crippen LogP contribution in [0.4, 0.5) is 0 Å². The van der Waals surface area contributed by atoms with E-state index in [0.29, 0.717) is 0 Å². The van der Waals surface area contributed by atoms with Crippen molar-refractivity contribution in [3.63, 3.8) is 0 Å². The zero-order chi connectivity index (χ0) is 18.9. The molecule has 0 aliphatic rings. The SMILES string of the molecule is CCCc1ccc(C#Cc2ccc(C#Cc3ccc(CC)cc3)cc2)cc1. The fourth-order valence-corrected chi connectivity index (χ4v) is 2.79. The lowest BCUT2D eigenvalue weighted by molar-refractivity contribution is 0.922. The quantitative estimate of drug-likeness (QED) is 0.509. The van der Waals surface area contributed by atoms with Gasteiger partial charge in [0.2, 0.25) is 0 Å². The van der Waals surface area contributed by atoms with Crippen molar-refractivity contribution >= 4 is 0 Å². The molecule has 132 valence electrons. The Hall–Kier alpha value is -3.22. The minimum atomic E-state index is 1.00. The summed E-state index contributed by atoms with van der Waals surface area (Å²) in [5.41, 5.74) is 6.81. The molecule has 0 heteroatoms. The molecule has 3 aromatic carbocycles. The fraction of sp³-hybridized carbons (Fsp3) is 0.185. The van der Waals surface area contributed by atoms with Crippen LogP contribution in [0.5, 0.6) is 0 Å². The molecule has 0 unspecified atom stereocenters. The van der Waals surface area contributed by atoms with Crippen LogP contribution in [0.3, 0.4) is 0 Å². The molecule has 0 amide bonds. The van der Waals surface area contributed by atoms with Gasteiger partial charge in [-0.1, -0.05) is 68.2 Å². The van der Waals surface area contributed by atoms with Crippen molar-refractivity contribution in [2.45, 2.75) is 33.1 Å². The monoisotopic (exact) mass is 348 g/mol. The third-order valence-corrected chi connectivity index (χ3v) is 4.44. The molecule has 0 atom stereocenters. The van der Waals surface area contributed by atoms with E-state index < -0.39 is 0 Å². The third-order valence-electron chi connectivity index (χ3n) is 4.44. The molecule has 0 saturated heterocycles. The van der Waals surface area contributed by atoms with Crippen LogP contribution in [0.1, 0.15) is 53.6 Å². The molecule has 0 aliphatic heterocycles. The molecule has 0 heterocycles. The molecule has 0 nitrogen and oxygen atoms in total. The van der Waals surface area contributed by atoms with Crippen LogP contribution in [-0.4, -0.2) is 0 Å². The van der Waals surface area contributed by atoms with Gasteiger partial charge in [0.25, 0.3) is 0 Å². The third kappa shape index (κ3) is 5.64. The maximum Gasteiger partial charge on any atom is 0.0249 e. The van der Waals surface area contributed by atoms with Gasteiger partial charge >= 0.3 is 0 Å². The zero-order valence-electron chi connectivity index (χ0n) is 16.0. The second kappa shape index (κ2) is 9.47. The Morgan fingerprint density at radius 2 is 0.815 bits per heavy atom. The predicted molar refractivity (Wildman–Crippen MR) is 115 cm³/mol. The summed E-state index contributed by atoms with van der Waals surface area (Å²) in [6.07, 6.45) is 3.35. The second-order valence-electron chi connectivity index (χ2n) is 6.57. The van der Waals surface area contributed by atoms with Crippen molar-refractivity contribution in [1.29, 1.82) is 0 Å².